The van der Waals surface area contributed by atoms with E-state index in [0.29, 0.717) is 6.04 Å². The van der Waals surface area contributed by atoms with Crippen LogP contribution in [0.3, 0.4) is 0 Å². The van der Waals surface area contributed by atoms with Gasteiger partial charge in [-0.25, -0.2) is 0 Å². The Morgan fingerprint density at radius 3 is 2.36 bits per heavy atom. The van der Waals surface area contributed by atoms with Crippen LogP contribution in [0.5, 0.6) is 0 Å². The second-order valence-electron chi connectivity index (χ2n) is 8.22. The number of benzene rings is 3. The summed E-state index contributed by atoms with van der Waals surface area (Å²) in [5.74, 6) is 0. The van der Waals surface area contributed by atoms with Gasteiger partial charge in [-0.15, -0.1) is 0 Å². The van der Waals surface area contributed by atoms with Gasteiger partial charge in [0.25, 0.3) is 0 Å². The maximum atomic E-state index is 6.96. The minimum Gasteiger partial charge on any atom is -0.299 e. The highest BCUT2D eigenvalue weighted by molar-refractivity contribution is 6.36. The van der Waals surface area contributed by atoms with Gasteiger partial charge in [0, 0.05) is 17.2 Å². The largest absolute Gasteiger partial charge is 0.299 e. The van der Waals surface area contributed by atoms with Crippen molar-refractivity contribution in [2.24, 2.45) is 0 Å². The first-order chi connectivity index (χ1) is 13.7. The Labute approximate surface area is 173 Å². The zero-order chi connectivity index (χ0) is 19.1. The molecule has 0 bridgehead atoms. The first-order valence-electron chi connectivity index (χ1n) is 10.4. The van der Waals surface area contributed by atoms with E-state index in [9.17, 15) is 0 Å². The fourth-order valence-corrected chi connectivity index (χ4v) is 5.39. The third kappa shape index (κ3) is 3.07. The lowest BCUT2D eigenvalue weighted by Crippen LogP contribution is -2.17. The Kier molecular flexibility index (Phi) is 4.74. The molecular weight excluding hydrogens is 362 g/mol. The number of hydrogen-bond donors (Lipinski definition) is 0. The normalized spacial score (nSPS) is 19.1. The molecule has 142 valence electrons. The van der Waals surface area contributed by atoms with E-state index in [1.54, 1.807) is 0 Å². The van der Waals surface area contributed by atoms with Crippen molar-refractivity contribution in [1.29, 1.82) is 0 Å². The van der Waals surface area contributed by atoms with Crippen molar-refractivity contribution in [2.45, 2.75) is 38.1 Å². The maximum absolute atomic E-state index is 6.96. The van der Waals surface area contributed by atoms with Crippen molar-refractivity contribution in [1.82, 2.24) is 4.90 Å². The van der Waals surface area contributed by atoms with Gasteiger partial charge in [0.1, 0.15) is 0 Å². The zero-order valence-corrected chi connectivity index (χ0v) is 17.2. The number of nitrogens with zero attached hydrogens (tertiary/aromatic N) is 1. The third-order valence-corrected chi connectivity index (χ3v) is 6.97. The van der Waals surface area contributed by atoms with E-state index >= 15 is 0 Å². The van der Waals surface area contributed by atoms with E-state index in [4.69, 9.17) is 11.6 Å². The van der Waals surface area contributed by atoms with Crippen molar-refractivity contribution >= 4 is 11.6 Å². The summed E-state index contributed by atoms with van der Waals surface area (Å²) in [6, 6.07) is 22.7. The maximum Gasteiger partial charge on any atom is 0.0562 e. The summed E-state index contributed by atoms with van der Waals surface area (Å²) < 4.78 is 0. The summed E-state index contributed by atoms with van der Waals surface area (Å²) in [5.41, 5.74) is 9.19. The van der Waals surface area contributed by atoms with Gasteiger partial charge in [0.15, 0.2) is 0 Å². The van der Waals surface area contributed by atoms with Crippen LogP contribution >= 0.6 is 11.6 Å². The number of likely N-dealkylation sites (tertiary alicyclic amines) is 1. The van der Waals surface area contributed by atoms with E-state index in [1.807, 2.05) is 0 Å². The molecule has 1 fully saturated rings. The average Bonchev–Trinajstić information content (AvgIpc) is 3.37. The molecule has 3 aromatic carbocycles. The van der Waals surface area contributed by atoms with Crippen molar-refractivity contribution < 1.29 is 0 Å². The van der Waals surface area contributed by atoms with Crippen LogP contribution in [0.2, 0.25) is 5.02 Å². The van der Waals surface area contributed by atoms with Crippen molar-refractivity contribution in [3.05, 3.63) is 82.4 Å². The molecule has 0 aromatic heterocycles. The van der Waals surface area contributed by atoms with Gasteiger partial charge in [0.05, 0.1) is 5.02 Å². The molecule has 0 amide bonds. The first-order valence-corrected chi connectivity index (χ1v) is 10.8. The molecule has 28 heavy (non-hydrogen) atoms. The molecule has 2 heteroatoms. The van der Waals surface area contributed by atoms with Gasteiger partial charge >= 0.3 is 0 Å². The second kappa shape index (κ2) is 7.39. The fourth-order valence-electron chi connectivity index (χ4n) is 5.05. The molecule has 1 aliphatic heterocycles. The highest BCUT2D eigenvalue weighted by Gasteiger charge is 2.22. The smallest absolute Gasteiger partial charge is 0.0562 e. The molecule has 1 atom stereocenters. The molecule has 0 radical (unpaired) electrons. The van der Waals surface area contributed by atoms with Gasteiger partial charge in [-0.1, -0.05) is 72.3 Å². The molecule has 0 N–H and O–H groups in total. The molecule has 0 spiro atoms. The van der Waals surface area contributed by atoms with Crippen LogP contribution in [-0.4, -0.2) is 18.5 Å². The average molecular weight is 388 g/mol. The predicted octanol–water partition coefficient (Wildman–Crippen LogP) is 6.93. The highest BCUT2D eigenvalue weighted by atomic mass is 35.5. The molecule has 1 nitrogen and oxygen atoms in total. The summed E-state index contributed by atoms with van der Waals surface area (Å²) in [7, 11) is 2.23. The van der Waals surface area contributed by atoms with E-state index in [2.05, 4.69) is 72.6 Å². The lowest BCUT2D eigenvalue weighted by molar-refractivity contribution is 0.317. The molecule has 1 saturated heterocycles. The monoisotopic (exact) mass is 387 g/mol. The lowest BCUT2D eigenvalue weighted by atomic mass is 9.93. The summed E-state index contributed by atoms with van der Waals surface area (Å²) in [6.07, 6.45) is 6.15. The minimum atomic E-state index is 0.558. The quantitative estimate of drug-likeness (QED) is 0.471. The van der Waals surface area contributed by atoms with E-state index in [1.165, 1.54) is 60.0 Å². The second-order valence-corrected chi connectivity index (χ2v) is 8.60. The van der Waals surface area contributed by atoms with Crippen molar-refractivity contribution in [3.63, 3.8) is 0 Å². The van der Waals surface area contributed by atoms with Crippen LogP contribution in [0, 0.1) is 0 Å². The Balaban J connectivity index is 1.52. The Morgan fingerprint density at radius 2 is 1.57 bits per heavy atom. The number of fused-ring (bicyclic) bond motifs is 1. The SMILES string of the molecule is CN1CCCC1c1ccc(-c2cccc(-c3cccc4c3CCC4)c2Cl)cc1. The number of halogens is 1. The fraction of sp³-hybridized carbons (Fsp3) is 0.308. The van der Waals surface area contributed by atoms with Crippen molar-refractivity contribution in [3.8, 4) is 22.3 Å². The highest BCUT2D eigenvalue weighted by Crippen LogP contribution is 2.40. The Morgan fingerprint density at radius 1 is 0.821 bits per heavy atom. The lowest BCUT2D eigenvalue weighted by Gasteiger charge is -2.20. The van der Waals surface area contributed by atoms with E-state index in [-0.39, 0.29) is 0 Å². The van der Waals surface area contributed by atoms with E-state index < -0.39 is 0 Å². The van der Waals surface area contributed by atoms with Gasteiger partial charge in [-0.2, -0.15) is 0 Å². The van der Waals surface area contributed by atoms with Gasteiger partial charge in [0.2, 0.25) is 0 Å². The van der Waals surface area contributed by atoms with Gasteiger partial charge in [-0.05, 0) is 73.5 Å². The molecule has 1 aliphatic carbocycles. The molecule has 1 unspecified atom stereocenters. The Hall–Kier alpha value is -2.09. The number of rotatable bonds is 3. The first kappa shape index (κ1) is 18.0. The van der Waals surface area contributed by atoms with E-state index in [0.717, 1.165) is 22.6 Å². The Bertz CT molecular complexity index is 1010. The minimum absolute atomic E-state index is 0.558. The van der Waals surface area contributed by atoms with Gasteiger partial charge in [-0.3, -0.25) is 4.90 Å². The van der Waals surface area contributed by atoms with Crippen LogP contribution in [0.4, 0.5) is 0 Å². The predicted molar refractivity (Wildman–Crippen MR) is 119 cm³/mol. The third-order valence-electron chi connectivity index (χ3n) is 6.56. The van der Waals surface area contributed by atoms with Crippen LogP contribution < -0.4 is 0 Å². The molecule has 0 saturated carbocycles. The van der Waals surface area contributed by atoms with Gasteiger partial charge < -0.3 is 0 Å². The molecule has 2 aliphatic rings. The summed E-state index contributed by atoms with van der Waals surface area (Å²) in [6.45, 7) is 1.20. The van der Waals surface area contributed by atoms with Crippen LogP contribution in [0.15, 0.2) is 60.7 Å². The summed E-state index contributed by atoms with van der Waals surface area (Å²) in [5, 5.41) is 0.869. The summed E-state index contributed by atoms with van der Waals surface area (Å²) in [4.78, 5) is 2.46. The zero-order valence-electron chi connectivity index (χ0n) is 16.4. The van der Waals surface area contributed by atoms with Crippen LogP contribution in [0.1, 0.15) is 42.0 Å². The van der Waals surface area contributed by atoms with Crippen LogP contribution in [-0.2, 0) is 12.8 Å². The molecule has 5 rings (SSSR count). The molecule has 1 heterocycles. The molecule has 3 aromatic rings. The van der Waals surface area contributed by atoms with Crippen LogP contribution in [0.25, 0.3) is 22.3 Å². The van der Waals surface area contributed by atoms with Crippen molar-refractivity contribution in [2.75, 3.05) is 13.6 Å². The molecular formula is C26H26ClN. The topological polar surface area (TPSA) is 3.24 Å². The number of hydrogen-bond acceptors (Lipinski definition) is 1. The number of aryl methyl sites for hydroxylation is 1. The summed E-state index contributed by atoms with van der Waals surface area (Å²) >= 11 is 6.96. The standard InChI is InChI=1S/C26H26ClN/c1-28-17-5-12-25(28)20-15-13-19(14-16-20)22-9-4-11-24(26(22)27)23-10-3-7-18-6-2-8-21(18)23/h3-4,7,9-11,13-16,25H,2,5-6,8,12,17H2,1H3.